The molecule has 0 saturated carbocycles. The first kappa shape index (κ1) is 23.2. The summed E-state index contributed by atoms with van der Waals surface area (Å²) in [5.74, 6) is 1.41. The van der Waals surface area contributed by atoms with Crippen molar-refractivity contribution in [3.05, 3.63) is 36.3 Å². The molecule has 0 radical (unpaired) electrons. The summed E-state index contributed by atoms with van der Waals surface area (Å²) in [5, 5.41) is 14.2. The molecule has 0 aliphatic carbocycles. The van der Waals surface area contributed by atoms with E-state index < -0.39 is 21.6 Å². The monoisotopic (exact) mass is 474 g/mol. The second-order valence-corrected chi connectivity index (χ2v) is 10.9. The van der Waals surface area contributed by atoms with Crippen molar-refractivity contribution >= 4 is 38.2 Å². The molecule has 4 heterocycles. The van der Waals surface area contributed by atoms with E-state index in [1.807, 2.05) is 13.8 Å². The highest BCUT2D eigenvalue weighted by Gasteiger charge is 2.39. The number of anilines is 3. The standard InChI is InChI=1S/C22H27FN6O3S/c1-13(2)15-10-26-20(33(4,31)32)16-11-25-19(9-14(15)16)27-18-5-7-24-21(28-18)29-8-6-17(30)22(3,23)12-29/h5,7,9-11,13,17,30H,6,8,12H2,1-4H3,(H,24,25,27,28)/t17-,22+/m1/s1. The van der Waals surface area contributed by atoms with Gasteiger partial charge in [0, 0.05) is 36.8 Å². The minimum Gasteiger partial charge on any atom is -0.390 e. The Balaban J connectivity index is 1.67. The lowest BCUT2D eigenvalue weighted by Gasteiger charge is -2.38. The molecule has 11 heteroatoms. The molecule has 33 heavy (non-hydrogen) atoms. The van der Waals surface area contributed by atoms with Gasteiger partial charge >= 0.3 is 0 Å². The Kier molecular flexibility index (Phi) is 5.95. The van der Waals surface area contributed by atoms with Crippen LogP contribution in [0.1, 0.15) is 38.7 Å². The number of piperidine rings is 1. The highest BCUT2D eigenvalue weighted by Crippen LogP contribution is 2.31. The number of pyridine rings is 2. The van der Waals surface area contributed by atoms with Gasteiger partial charge in [-0.1, -0.05) is 13.8 Å². The van der Waals surface area contributed by atoms with Gasteiger partial charge in [0.1, 0.15) is 11.6 Å². The first-order valence-corrected chi connectivity index (χ1v) is 12.6. The van der Waals surface area contributed by atoms with Crippen LogP contribution in [-0.2, 0) is 9.84 Å². The lowest BCUT2D eigenvalue weighted by molar-refractivity contribution is -0.00860. The first-order valence-electron chi connectivity index (χ1n) is 10.7. The van der Waals surface area contributed by atoms with Crippen LogP contribution >= 0.6 is 0 Å². The number of hydrogen-bond acceptors (Lipinski definition) is 9. The average Bonchev–Trinajstić information content (AvgIpc) is 2.74. The number of fused-ring (bicyclic) bond motifs is 1. The number of sulfone groups is 1. The molecule has 1 fully saturated rings. The van der Waals surface area contributed by atoms with E-state index in [9.17, 15) is 17.9 Å². The van der Waals surface area contributed by atoms with Crippen molar-refractivity contribution in [2.45, 2.75) is 49.9 Å². The molecule has 1 saturated heterocycles. The van der Waals surface area contributed by atoms with Crippen LogP contribution in [0.2, 0.25) is 0 Å². The number of halogens is 1. The molecule has 0 aromatic carbocycles. The summed E-state index contributed by atoms with van der Waals surface area (Å²) in [7, 11) is -3.52. The third-order valence-corrected chi connectivity index (χ3v) is 6.82. The van der Waals surface area contributed by atoms with E-state index >= 15 is 0 Å². The summed E-state index contributed by atoms with van der Waals surface area (Å²) in [6.07, 6.45) is 5.05. The van der Waals surface area contributed by atoms with E-state index in [0.29, 0.717) is 29.5 Å². The molecule has 176 valence electrons. The average molecular weight is 475 g/mol. The summed E-state index contributed by atoms with van der Waals surface area (Å²) in [4.78, 5) is 19.0. The summed E-state index contributed by atoms with van der Waals surface area (Å²) >= 11 is 0. The largest absolute Gasteiger partial charge is 0.390 e. The molecular formula is C22H27FN6O3S. The highest BCUT2D eigenvalue weighted by atomic mass is 32.2. The molecule has 3 aromatic rings. The molecule has 1 aliphatic rings. The van der Waals surface area contributed by atoms with Crippen LogP contribution in [0.25, 0.3) is 10.8 Å². The van der Waals surface area contributed by atoms with E-state index in [2.05, 4.69) is 25.3 Å². The fourth-order valence-corrected chi connectivity index (χ4v) is 4.77. The van der Waals surface area contributed by atoms with Crippen LogP contribution < -0.4 is 10.2 Å². The first-order chi connectivity index (χ1) is 15.5. The maximum Gasteiger partial charge on any atom is 0.227 e. The molecule has 2 atom stereocenters. The molecule has 1 aliphatic heterocycles. The quantitative estimate of drug-likeness (QED) is 0.575. The van der Waals surface area contributed by atoms with Crippen LogP contribution in [-0.4, -0.2) is 64.6 Å². The maximum atomic E-state index is 14.6. The van der Waals surface area contributed by atoms with Gasteiger partial charge in [-0.15, -0.1) is 0 Å². The molecule has 0 bridgehead atoms. The van der Waals surface area contributed by atoms with Gasteiger partial charge in [0.05, 0.1) is 12.6 Å². The van der Waals surface area contributed by atoms with Crippen molar-refractivity contribution in [3.8, 4) is 0 Å². The zero-order valence-corrected chi connectivity index (χ0v) is 19.8. The van der Waals surface area contributed by atoms with Crippen molar-refractivity contribution in [2.24, 2.45) is 0 Å². The number of aliphatic hydroxyl groups is 1. The summed E-state index contributed by atoms with van der Waals surface area (Å²) < 4.78 is 39.0. The van der Waals surface area contributed by atoms with E-state index in [1.54, 1.807) is 29.4 Å². The third kappa shape index (κ3) is 4.74. The highest BCUT2D eigenvalue weighted by molar-refractivity contribution is 7.90. The van der Waals surface area contributed by atoms with Gasteiger partial charge in [-0.3, -0.25) is 0 Å². The number of alkyl halides is 1. The Labute approximate surface area is 192 Å². The van der Waals surface area contributed by atoms with Crippen LogP contribution in [0.3, 0.4) is 0 Å². The molecule has 4 rings (SSSR count). The van der Waals surface area contributed by atoms with Crippen molar-refractivity contribution in [1.29, 1.82) is 0 Å². The summed E-state index contributed by atoms with van der Waals surface area (Å²) in [6.45, 7) is 5.82. The zero-order valence-electron chi connectivity index (χ0n) is 18.9. The van der Waals surface area contributed by atoms with Gasteiger partial charge in [-0.25, -0.2) is 27.8 Å². The molecule has 2 N–H and O–H groups in total. The smallest absolute Gasteiger partial charge is 0.227 e. The minimum absolute atomic E-state index is 0.00756. The molecule has 3 aromatic heterocycles. The van der Waals surface area contributed by atoms with Crippen LogP contribution in [0.5, 0.6) is 0 Å². The van der Waals surface area contributed by atoms with E-state index in [4.69, 9.17) is 0 Å². The zero-order chi connectivity index (χ0) is 24.0. The molecule has 0 unspecified atom stereocenters. The Morgan fingerprint density at radius 3 is 2.64 bits per heavy atom. The van der Waals surface area contributed by atoms with Crippen LogP contribution in [0, 0.1) is 0 Å². The topological polar surface area (TPSA) is 121 Å². The van der Waals surface area contributed by atoms with Gasteiger partial charge in [0.25, 0.3) is 0 Å². The Hall–Kier alpha value is -2.92. The minimum atomic E-state index is -3.52. The number of aliphatic hydroxyl groups excluding tert-OH is 1. The van der Waals surface area contributed by atoms with Crippen LogP contribution in [0.4, 0.5) is 22.0 Å². The lowest BCUT2D eigenvalue weighted by atomic mass is 9.94. The molecular weight excluding hydrogens is 447 g/mol. The van der Waals surface area contributed by atoms with Crippen molar-refractivity contribution in [1.82, 2.24) is 19.9 Å². The number of nitrogens with zero attached hydrogens (tertiary/aromatic N) is 5. The van der Waals surface area contributed by atoms with Crippen molar-refractivity contribution < 1.29 is 17.9 Å². The number of nitrogens with one attached hydrogen (secondary N) is 1. The predicted molar refractivity (Wildman–Crippen MR) is 124 cm³/mol. The van der Waals surface area contributed by atoms with Crippen LogP contribution in [0.15, 0.2) is 35.7 Å². The second-order valence-electron chi connectivity index (χ2n) is 8.93. The van der Waals surface area contributed by atoms with Gasteiger partial charge in [0.15, 0.2) is 20.5 Å². The number of aromatic nitrogens is 4. The Bertz CT molecular complexity index is 1300. The number of hydrogen-bond donors (Lipinski definition) is 2. The van der Waals surface area contributed by atoms with E-state index in [-0.39, 0.29) is 23.9 Å². The fourth-order valence-electron chi connectivity index (χ4n) is 3.96. The predicted octanol–water partition coefficient (Wildman–Crippen LogP) is 2.99. The SMILES string of the molecule is CC(C)c1cnc(S(C)(=O)=O)c2cnc(Nc3ccnc(N4CC[C@@H](O)[C@@](C)(F)C4)n3)cc12. The molecule has 0 spiro atoms. The summed E-state index contributed by atoms with van der Waals surface area (Å²) in [6, 6.07) is 3.44. The maximum absolute atomic E-state index is 14.6. The Morgan fingerprint density at radius 1 is 1.21 bits per heavy atom. The summed E-state index contributed by atoms with van der Waals surface area (Å²) in [5.41, 5.74) is -0.843. The van der Waals surface area contributed by atoms with E-state index in [1.165, 1.54) is 13.1 Å². The van der Waals surface area contributed by atoms with Gasteiger partial charge < -0.3 is 15.3 Å². The lowest BCUT2D eigenvalue weighted by Crippen LogP contribution is -2.52. The number of rotatable bonds is 5. The Morgan fingerprint density at radius 2 is 1.97 bits per heavy atom. The third-order valence-electron chi connectivity index (χ3n) is 5.79. The van der Waals surface area contributed by atoms with Gasteiger partial charge in [-0.2, -0.15) is 4.98 Å². The van der Waals surface area contributed by atoms with E-state index in [0.717, 1.165) is 17.2 Å². The normalized spacial score (nSPS) is 21.5. The van der Waals surface area contributed by atoms with Gasteiger partial charge in [0.2, 0.25) is 5.95 Å². The molecule has 9 nitrogen and oxygen atoms in total. The second kappa shape index (κ2) is 8.45. The fraction of sp³-hybridized carbons (Fsp3) is 0.455. The van der Waals surface area contributed by atoms with Gasteiger partial charge in [-0.05, 0) is 42.3 Å². The van der Waals surface area contributed by atoms with Crippen molar-refractivity contribution in [2.75, 3.05) is 29.6 Å². The van der Waals surface area contributed by atoms with Crippen molar-refractivity contribution in [3.63, 3.8) is 0 Å². The molecule has 0 amide bonds.